The lowest BCUT2D eigenvalue weighted by Gasteiger charge is -2.23. The molecule has 29 heavy (non-hydrogen) atoms. The predicted octanol–water partition coefficient (Wildman–Crippen LogP) is 2.08. The average molecular weight is 396 g/mol. The predicted molar refractivity (Wildman–Crippen MR) is 106 cm³/mol. The topological polar surface area (TPSA) is 108 Å². The van der Waals surface area contributed by atoms with Gasteiger partial charge in [0.05, 0.1) is 16.8 Å². The van der Waals surface area contributed by atoms with Crippen molar-refractivity contribution in [1.29, 1.82) is 0 Å². The molecule has 1 saturated heterocycles. The number of anilines is 2. The summed E-state index contributed by atoms with van der Waals surface area (Å²) >= 11 is 0. The molecule has 5 rings (SSSR count). The molecule has 0 bridgehead atoms. The van der Waals surface area contributed by atoms with Crippen LogP contribution in [0.5, 0.6) is 0 Å². The lowest BCUT2D eigenvalue weighted by molar-refractivity contribution is -0.384. The summed E-state index contributed by atoms with van der Waals surface area (Å²) in [5, 5.41) is 11.2. The van der Waals surface area contributed by atoms with Gasteiger partial charge in [-0.05, 0) is 24.8 Å². The molecule has 0 amide bonds. The molecule has 10 heteroatoms. The van der Waals surface area contributed by atoms with E-state index in [9.17, 15) is 14.9 Å². The van der Waals surface area contributed by atoms with Crippen LogP contribution in [-0.4, -0.2) is 43.8 Å². The minimum absolute atomic E-state index is 0.0367. The molecule has 0 radical (unpaired) electrons. The summed E-state index contributed by atoms with van der Waals surface area (Å²) in [7, 11) is 1.72. The quantitative estimate of drug-likeness (QED) is 0.493. The third-order valence-electron chi connectivity index (χ3n) is 5.79. The number of fused-ring (bicyclic) bond motifs is 2. The van der Waals surface area contributed by atoms with E-state index in [2.05, 4.69) is 4.98 Å². The van der Waals surface area contributed by atoms with Gasteiger partial charge in [-0.3, -0.25) is 19.2 Å². The summed E-state index contributed by atoms with van der Waals surface area (Å²) in [6.07, 6.45) is 3.94. The van der Waals surface area contributed by atoms with Crippen molar-refractivity contribution < 1.29 is 9.66 Å². The number of hydrogen-bond donors (Lipinski definition) is 0. The number of ether oxygens (including phenoxy) is 1. The monoisotopic (exact) mass is 396 g/mol. The Balaban J connectivity index is 1.62. The summed E-state index contributed by atoms with van der Waals surface area (Å²) in [4.78, 5) is 34.7. The molecule has 4 heterocycles. The Morgan fingerprint density at radius 1 is 1.28 bits per heavy atom. The number of nitrogens with zero attached hydrogens (tertiary/aromatic N) is 6. The van der Waals surface area contributed by atoms with E-state index < -0.39 is 4.92 Å². The number of hydrogen-bond acceptors (Lipinski definition) is 7. The zero-order valence-electron chi connectivity index (χ0n) is 15.9. The van der Waals surface area contributed by atoms with Gasteiger partial charge < -0.3 is 9.64 Å². The summed E-state index contributed by atoms with van der Waals surface area (Å²) in [6, 6.07) is 4.90. The maximum Gasteiger partial charge on any atom is 0.330 e. The van der Waals surface area contributed by atoms with E-state index in [0.29, 0.717) is 36.9 Å². The molecule has 150 valence electrons. The van der Waals surface area contributed by atoms with E-state index in [0.717, 1.165) is 30.5 Å². The Morgan fingerprint density at radius 2 is 2.07 bits per heavy atom. The van der Waals surface area contributed by atoms with Crippen molar-refractivity contribution >= 4 is 28.5 Å². The van der Waals surface area contributed by atoms with Gasteiger partial charge in [-0.25, -0.2) is 9.78 Å². The third kappa shape index (κ3) is 2.79. The first-order valence-electron chi connectivity index (χ1n) is 9.61. The second kappa shape index (κ2) is 6.66. The summed E-state index contributed by atoms with van der Waals surface area (Å²) < 4.78 is 8.75. The van der Waals surface area contributed by atoms with Crippen molar-refractivity contribution in [1.82, 2.24) is 19.1 Å². The second-order valence-corrected chi connectivity index (χ2v) is 7.41. The number of imidazole rings is 1. The van der Waals surface area contributed by atoms with E-state index in [-0.39, 0.29) is 17.4 Å². The average Bonchev–Trinajstić information content (AvgIpc) is 3.27. The number of nitro groups is 1. The smallest absolute Gasteiger partial charge is 0.330 e. The van der Waals surface area contributed by atoms with Gasteiger partial charge >= 0.3 is 5.69 Å². The first kappa shape index (κ1) is 17.8. The van der Waals surface area contributed by atoms with E-state index in [1.807, 2.05) is 4.90 Å². The van der Waals surface area contributed by atoms with E-state index >= 15 is 0 Å². The fourth-order valence-electron chi connectivity index (χ4n) is 4.22. The number of benzene rings is 1. The number of nitro benzene ring substituents is 1. The van der Waals surface area contributed by atoms with Crippen LogP contribution in [0.15, 0.2) is 29.2 Å². The molecule has 3 aromatic rings. The lowest BCUT2D eigenvalue weighted by atomic mass is 10.1. The maximum atomic E-state index is 12.9. The molecular formula is C19H20N6O4. The Kier molecular flexibility index (Phi) is 4.09. The van der Waals surface area contributed by atoms with Crippen LogP contribution in [0.25, 0.3) is 11.2 Å². The van der Waals surface area contributed by atoms with Gasteiger partial charge in [0.2, 0.25) is 5.95 Å². The van der Waals surface area contributed by atoms with Crippen LogP contribution in [0.3, 0.4) is 0 Å². The zero-order valence-corrected chi connectivity index (χ0v) is 15.9. The van der Waals surface area contributed by atoms with Crippen LogP contribution in [0.1, 0.15) is 24.4 Å². The molecule has 2 aliphatic heterocycles. The molecule has 0 N–H and O–H groups in total. The maximum absolute atomic E-state index is 12.9. The van der Waals surface area contributed by atoms with Gasteiger partial charge in [-0.2, -0.15) is 4.98 Å². The lowest BCUT2D eigenvalue weighted by Crippen LogP contribution is -2.30. The summed E-state index contributed by atoms with van der Waals surface area (Å²) in [6.45, 7) is 1.87. The number of rotatable bonds is 3. The summed E-state index contributed by atoms with van der Waals surface area (Å²) in [5.41, 5.74) is 2.95. The minimum atomic E-state index is -0.402. The van der Waals surface area contributed by atoms with Gasteiger partial charge in [0.15, 0.2) is 5.65 Å². The normalized spacial score (nSPS) is 17.1. The number of aryl methyl sites for hydroxylation is 1. The molecule has 2 aromatic heterocycles. The molecule has 0 unspecified atom stereocenters. The first-order chi connectivity index (χ1) is 14.0. The SMILES string of the molecule is Cn1c(=O)n(C2CCOCC2)c2nc(N3CCc4ccc([N+](=O)[O-])cc43)ncc21. The highest BCUT2D eigenvalue weighted by atomic mass is 16.6. The Hall–Kier alpha value is -3.27. The largest absolute Gasteiger partial charge is 0.381 e. The second-order valence-electron chi connectivity index (χ2n) is 7.41. The molecule has 1 fully saturated rings. The van der Waals surface area contributed by atoms with Crippen LogP contribution >= 0.6 is 0 Å². The van der Waals surface area contributed by atoms with Crippen LogP contribution in [0.2, 0.25) is 0 Å². The molecule has 0 atom stereocenters. The standard InChI is InChI=1S/C19H20N6O4/c1-22-16-11-20-18(21-17(16)24(19(22)26)13-5-8-29-9-6-13)23-7-4-12-2-3-14(25(27)28)10-15(12)23/h2-3,10-11,13H,4-9H2,1H3. The van der Waals surface area contributed by atoms with Crippen molar-refractivity contribution in [2.45, 2.75) is 25.3 Å². The molecule has 2 aliphatic rings. The number of non-ortho nitro benzene ring substituents is 1. The Morgan fingerprint density at radius 3 is 2.83 bits per heavy atom. The third-order valence-corrected chi connectivity index (χ3v) is 5.79. The van der Waals surface area contributed by atoms with Crippen molar-refractivity contribution in [2.24, 2.45) is 7.05 Å². The van der Waals surface area contributed by atoms with Crippen molar-refractivity contribution in [3.05, 3.63) is 50.6 Å². The van der Waals surface area contributed by atoms with Crippen molar-refractivity contribution in [3.8, 4) is 0 Å². The van der Waals surface area contributed by atoms with Gasteiger partial charge in [0, 0.05) is 45.0 Å². The highest BCUT2D eigenvalue weighted by molar-refractivity contribution is 5.75. The van der Waals surface area contributed by atoms with Gasteiger partial charge in [-0.15, -0.1) is 0 Å². The van der Waals surface area contributed by atoms with Crippen LogP contribution in [-0.2, 0) is 18.2 Å². The van der Waals surface area contributed by atoms with E-state index in [1.165, 1.54) is 6.07 Å². The van der Waals surface area contributed by atoms with Gasteiger partial charge in [0.25, 0.3) is 5.69 Å². The Labute approximate surface area is 165 Å². The highest BCUT2D eigenvalue weighted by Gasteiger charge is 2.27. The van der Waals surface area contributed by atoms with Crippen molar-refractivity contribution in [3.63, 3.8) is 0 Å². The minimum Gasteiger partial charge on any atom is -0.381 e. The molecule has 0 saturated carbocycles. The molecule has 10 nitrogen and oxygen atoms in total. The fraction of sp³-hybridized carbons (Fsp3) is 0.421. The van der Waals surface area contributed by atoms with Crippen LogP contribution in [0.4, 0.5) is 17.3 Å². The van der Waals surface area contributed by atoms with Gasteiger partial charge in [-0.1, -0.05) is 6.07 Å². The first-order valence-corrected chi connectivity index (χ1v) is 9.61. The van der Waals surface area contributed by atoms with Gasteiger partial charge in [0.1, 0.15) is 5.52 Å². The van der Waals surface area contributed by atoms with Crippen LogP contribution in [0, 0.1) is 10.1 Å². The molecule has 0 aliphatic carbocycles. The zero-order chi connectivity index (χ0) is 20.1. The summed E-state index contributed by atoms with van der Waals surface area (Å²) in [5.74, 6) is 0.447. The highest BCUT2D eigenvalue weighted by Crippen LogP contribution is 2.36. The molecule has 1 aromatic carbocycles. The van der Waals surface area contributed by atoms with Crippen LogP contribution < -0.4 is 10.6 Å². The van der Waals surface area contributed by atoms with E-state index in [1.54, 1.807) is 34.5 Å². The molecular weight excluding hydrogens is 376 g/mol. The number of aromatic nitrogens is 4. The Bertz CT molecular complexity index is 1180. The van der Waals surface area contributed by atoms with E-state index in [4.69, 9.17) is 9.72 Å². The molecule has 0 spiro atoms. The fourth-order valence-corrected chi connectivity index (χ4v) is 4.22. The van der Waals surface area contributed by atoms with Crippen molar-refractivity contribution in [2.75, 3.05) is 24.7 Å².